The summed E-state index contributed by atoms with van der Waals surface area (Å²) in [5.74, 6) is -1.47. The lowest BCUT2D eigenvalue weighted by Gasteiger charge is -2.25. The number of morpholine rings is 1. The molecule has 1 aliphatic rings. The number of hydrogen-bond donors (Lipinski definition) is 1. The molecule has 1 unspecified atom stereocenters. The fourth-order valence-electron chi connectivity index (χ4n) is 1.78. The van der Waals surface area contributed by atoms with Crippen molar-refractivity contribution >= 4 is 0 Å². The molecule has 0 radical (unpaired) electrons. The first kappa shape index (κ1) is 11.3. The van der Waals surface area contributed by atoms with Gasteiger partial charge in [-0.15, -0.1) is 0 Å². The van der Waals surface area contributed by atoms with E-state index in [-0.39, 0.29) is 5.56 Å². The molecule has 0 aromatic heterocycles. The van der Waals surface area contributed by atoms with Gasteiger partial charge < -0.3 is 14.8 Å². The Morgan fingerprint density at radius 3 is 2.88 bits per heavy atom. The van der Waals surface area contributed by atoms with Gasteiger partial charge in [0, 0.05) is 13.1 Å². The lowest BCUT2D eigenvalue weighted by atomic mass is 10.1. The Morgan fingerprint density at radius 2 is 2.25 bits per heavy atom. The van der Waals surface area contributed by atoms with E-state index in [0.717, 1.165) is 12.6 Å². The molecule has 88 valence electrons. The third-order valence-corrected chi connectivity index (χ3v) is 2.56. The molecule has 3 nitrogen and oxygen atoms in total. The molecular weight excluding hydrogens is 216 g/mol. The van der Waals surface area contributed by atoms with Gasteiger partial charge in [0.05, 0.1) is 19.3 Å². The van der Waals surface area contributed by atoms with E-state index in [9.17, 15) is 8.78 Å². The average molecular weight is 229 g/mol. The second-order valence-corrected chi connectivity index (χ2v) is 3.54. The largest absolute Gasteiger partial charge is 0.496 e. The molecule has 0 amide bonds. The van der Waals surface area contributed by atoms with Crippen LogP contribution in [-0.2, 0) is 4.74 Å². The molecule has 1 aromatic carbocycles. The van der Waals surface area contributed by atoms with Crippen molar-refractivity contribution in [3.8, 4) is 5.75 Å². The van der Waals surface area contributed by atoms with E-state index in [0.29, 0.717) is 18.9 Å². The van der Waals surface area contributed by atoms with E-state index >= 15 is 0 Å². The van der Waals surface area contributed by atoms with Gasteiger partial charge in [0.25, 0.3) is 0 Å². The Balaban J connectivity index is 2.39. The number of methoxy groups -OCH3 is 1. The van der Waals surface area contributed by atoms with Crippen molar-refractivity contribution in [2.75, 3.05) is 26.8 Å². The van der Waals surface area contributed by atoms with Gasteiger partial charge in [-0.2, -0.15) is 0 Å². The van der Waals surface area contributed by atoms with Crippen molar-refractivity contribution in [2.45, 2.75) is 6.10 Å². The molecule has 0 aliphatic carbocycles. The van der Waals surface area contributed by atoms with E-state index in [1.165, 1.54) is 13.2 Å². The first-order valence-corrected chi connectivity index (χ1v) is 5.08. The van der Waals surface area contributed by atoms with Crippen LogP contribution in [0.25, 0.3) is 0 Å². The highest BCUT2D eigenvalue weighted by atomic mass is 19.2. The lowest BCUT2D eigenvalue weighted by Crippen LogP contribution is -2.34. The summed E-state index contributed by atoms with van der Waals surface area (Å²) >= 11 is 0. The first-order valence-electron chi connectivity index (χ1n) is 5.08. The zero-order valence-corrected chi connectivity index (χ0v) is 8.93. The van der Waals surface area contributed by atoms with Gasteiger partial charge in [0.1, 0.15) is 11.9 Å². The van der Waals surface area contributed by atoms with Crippen molar-refractivity contribution in [3.05, 3.63) is 29.3 Å². The zero-order valence-electron chi connectivity index (χ0n) is 8.93. The molecule has 2 rings (SSSR count). The number of hydrogen-bond acceptors (Lipinski definition) is 3. The summed E-state index contributed by atoms with van der Waals surface area (Å²) in [4.78, 5) is 0. The van der Waals surface area contributed by atoms with Crippen LogP contribution in [-0.4, -0.2) is 26.8 Å². The molecule has 1 fully saturated rings. The lowest BCUT2D eigenvalue weighted by molar-refractivity contribution is 0.0236. The van der Waals surface area contributed by atoms with Crippen molar-refractivity contribution < 1.29 is 18.3 Å². The van der Waals surface area contributed by atoms with Gasteiger partial charge in [0.15, 0.2) is 11.6 Å². The molecule has 1 saturated heterocycles. The third kappa shape index (κ3) is 2.01. The fourth-order valence-corrected chi connectivity index (χ4v) is 1.78. The molecule has 1 atom stereocenters. The van der Waals surface area contributed by atoms with Gasteiger partial charge >= 0.3 is 0 Å². The highest BCUT2D eigenvalue weighted by molar-refractivity contribution is 5.37. The van der Waals surface area contributed by atoms with Gasteiger partial charge in [0.2, 0.25) is 0 Å². The molecule has 5 heteroatoms. The van der Waals surface area contributed by atoms with Crippen molar-refractivity contribution in [3.63, 3.8) is 0 Å². The summed E-state index contributed by atoms with van der Waals surface area (Å²) in [5, 5.41) is 3.06. The molecule has 1 N–H and O–H groups in total. The van der Waals surface area contributed by atoms with E-state index in [2.05, 4.69) is 5.32 Å². The van der Waals surface area contributed by atoms with Crippen LogP contribution in [0, 0.1) is 11.6 Å². The van der Waals surface area contributed by atoms with Gasteiger partial charge in [-0.1, -0.05) is 0 Å². The summed E-state index contributed by atoms with van der Waals surface area (Å²) in [5.41, 5.74) is 0.148. The minimum atomic E-state index is -0.895. The fraction of sp³-hybridized carbons (Fsp3) is 0.455. The molecule has 16 heavy (non-hydrogen) atoms. The van der Waals surface area contributed by atoms with Crippen LogP contribution in [0.2, 0.25) is 0 Å². The number of nitrogens with one attached hydrogen (secondary N) is 1. The number of rotatable bonds is 2. The number of ether oxygens (including phenoxy) is 2. The molecular formula is C11H13F2NO2. The number of halogens is 2. The van der Waals surface area contributed by atoms with Crippen LogP contribution in [0.15, 0.2) is 12.1 Å². The zero-order chi connectivity index (χ0) is 11.5. The van der Waals surface area contributed by atoms with E-state index < -0.39 is 17.7 Å². The van der Waals surface area contributed by atoms with Crippen molar-refractivity contribution in [1.82, 2.24) is 5.32 Å². The Kier molecular flexibility index (Phi) is 3.36. The minimum absolute atomic E-state index is 0.148. The minimum Gasteiger partial charge on any atom is -0.496 e. The molecule has 0 saturated carbocycles. The third-order valence-electron chi connectivity index (χ3n) is 2.56. The van der Waals surface area contributed by atoms with Crippen LogP contribution >= 0.6 is 0 Å². The standard InChI is InChI=1S/C11H13F2NO2/c1-15-8-3-2-7(12)11(13)10(8)9-6-14-4-5-16-9/h2-3,9,14H,4-6H2,1H3. The maximum Gasteiger partial charge on any atom is 0.168 e. The topological polar surface area (TPSA) is 30.5 Å². The Morgan fingerprint density at radius 1 is 1.44 bits per heavy atom. The van der Waals surface area contributed by atoms with Crippen molar-refractivity contribution in [1.29, 1.82) is 0 Å². The normalized spacial score (nSPS) is 20.8. The molecule has 1 aliphatic heterocycles. The predicted octanol–water partition coefficient (Wildman–Crippen LogP) is 1.63. The van der Waals surface area contributed by atoms with E-state index in [1.807, 2.05) is 0 Å². The predicted molar refractivity (Wildman–Crippen MR) is 54.5 cm³/mol. The van der Waals surface area contributed by atoms with Crippen LogP contribution in [0.1, 0.15) is 11.7 Å². The number of benzene rings is 1. The SMILES string of the molecule is COc1ccc(F)c(F)c1C1CNCCO1. The average Bonchev–Trinajstić information content (AvgIpc) is 2.33. The highest BCUT2D eigenvalue weighted by Crippen LogP contribution is 2.32. The summed E-state index contributed by atoms with van der Waals surface area (Å²) in [7, 11) is 1.42. The summed E-state index contributed by atoms with van der Waals surface area (Å²) in [6, 6.07) is 2.46. The maximum atomic E-state index is 13.7. The highest BCUT2D eigenvalue weighted by Gasteiger charge is 2.25. The van der Waals surface area contributed by atoms with Crippen LogP contribution < -0.4 is 10.1 Å². The quantitative estimate of drug-likeness (QED) is 0.836. The van der Waals surface area contributed by atoms with Gasteiger partial charge in [-0.3, -0.25) is 0 Å². The van der Waals surface area contributed by atoms with E-state index in [4.69, 9.17) is 9.47 Å². The van der Waals surface area contributed by atoms with Crippen molar-refractivity contribution in [2.24, 2.45) is 0 Å². The summed E-state index contributed by atoms with van der Waals surface area (Å²) < 4.78 is 37.2. The first-order chi connectivity index (χ1) is 7.74. The van der Waals surface area contributed by atoms with Crippen LogP contribution in [0.3, 0.4) is 0 Å². The Labute approximate surface area is 92.4 Å². The second kappa shape index (κ2) is 4.76. The molecule has 1 heterocycles. The maximum absolute atomic E-state index is 13.7. The Hall–Kier alpha value is -1.20. The molecule has 1 aromatic rings. The van der Waals surface area contributed by atoms with Gasteiger partial charge in [-0.05, 0) is 12.1 Å². The molecule has 0 bridgehead atoms. The summed E-state index contributed by atoms with van der Waals surface area (Å²) in [6.07, 6.45) is -0.501. The monoisotopic (exact) mass is 229 g/mol. The van der Waals surface area contributed by atoms with E-state index in [1.54, 1.807) is 0 Å². The van der Waals surface area contributed by atoms with Gasteiger partial charge in [-0.25, -0.2) is 8.78 Å². The van der Waals surface area contributed by atoms with Crippen LogP contribution in [0.4, 0.5) is 8.78 Å². The summed E-state index contributed by atoms with van der Waals surface area (Å²) in [6.45, 7) is 1.65. The molecule has 0 spiro atoms. The second-order valence-electron chi connectivity index (χ2n) is 3.54. The Bertz CT molecular complexity index is 378. The van der Waals surface area contributed by atoms with Crippen LogP contribution in [0.5, 0.6) is 5.75 Å². The smallest absolute Gasteiger partial charge is 0.168 e.